The number of anilines is 1. The van der Waals surface area contributed by atoms with Crippen molar-refractivity contribution in [3.05, 3.63) is 59.7 Å². The van der Waals surface area contributed by atoms with Crippen LogP contribution in [0.5, 0.6) is 5.75 Å². The Morgan fingerprint density at radius 2 is 1.74 bits per heavy atom. The van der Waals surface area contributed by atoms with Gasteiger partial charge in [0.15, 0.2) is 0 Å². The fourth-order valence-electron chi connectivity index (χ4n) is 2.45. The van der Waals surface area contributed by atoms with Crippen LogP contribution in [0.2, 0.25) is 0 Å². The zero-order valence-corrected chi connectivity index (χ0v) is 13.9. The number of para-hydroxylation sites is 1. The summed E-state index contributed by atoms with van der Waals surface area (Å²) in [4.78, 5) is 0. The molecule has 3 heteroatoms. The zero-order chi connectivity index (χ0) is 16.3. The Balaban J connectivity index is 1.78. The minimum atomic E-state index is 0.0496. The topological polar surface area (TPSA) is 41.5 Å². The molecule has 0 amide bonds. The number of rotatable bonds is 10. The molecule has 2 N–H and O–H groups in total. The largest absolute Gasteiger partial charge is 0.494 e. The first-order valence-corrected chi connectivity index (χ1v) is 8.48. The molecule has 2 aromatic rings. The second kappa shape index (κ2) is 9.90. The van der Waals surface area contributed by atoms with E-state index in [-0.39, 0.29) is 6.61 Å². The van der Waals surface area contributed by atoms with Gasteiger partial charge in [-0.25, -0.2) is 0 Å². The Kier molecular flexibility index (Phi) is 7.47. The maximum atomic E-state index is 9.33. The lowest BCUT2D eigenvalue weighted by atomic mass is 10.1. The molecule has 0 heterocycles. The maximum absolute atomic E-state index is 9.33. The first kappa shape index (κ1) is 17.4. The molecule has 0 aliphatic rings. The molecule has 0 aliphatic carbocycles. The fourth-order valence-corrected chi connectivity index (χ4v) is 2.45. The number of benzene rings is 2. The van der Waals surface area contributed by atoms with E-state index in [1.54, 1.807) is 0 Å². The molecule has 23 heavy (non-hydrogen) atoms. The molecule has 0 radical (unpaired) electrons. The standard InChI is InChI=1S/C20H27NO2/c1-2-3-4-7-14-23-19-12-10-17(11-13-19)15-21-20-9-6-5-8-18(20)16-22/h5-6,8-13,21-22H,2-4,7,14-16H2,1H3. The number of ether oxygens (including phenoxy) is 1. The van der Waals surface area contributed by atoms with Crippen LogP contribution in [0.1, 0.15) is 43.7 Å². The summed E-state index contributed by atoms with van der Waals surface area (Å²) >= 11 is 0. The summed E-state index contributed by atoms with van der Waals surface area (Å²) in [6.45, 7) is 3.79. The van der Waals surface area contributed by atoms with Gasteiger partial charge in [0.1, 0.15) is 5.75 Å². The third kappa shape index (κ3) is 5.95. The van der Waals surface area contributed by atoms with Gasteiger partial charge >= 0.3 is 0 Å². The van der Waals surface area contributed by atoms with E-state index in [0.29, 0.717) is 0 Å². The summed E-state index contributed by atoms with van der Waals surface area (Å²) in [6, 6.07) is 16.0. The van der Waals surface area contributed by atoms with Crippen molar-refractivity contribution in [1.29, 1.82) is 0 Å². The fraction of sp³-hybridized carbons (Fsp3) is 0.400. The highest BCUT2D eigenvalue weighted by molar-refractivity contribution is 5.51. The van der Waals surface area contributed by atoms with E-state index in [9.17, 15) is 5.11 Å². The molecule has 0 aliphatic heterocycles. The summed E-state index contributed by atoms with van der Waals surface area (Å²) in [5.41, 5.74) is 3.09. The molecule has 0 spiro atoms. The van der Waals surface area contributed by atoms with Crippen LogP contribution in [0.25, 0.3) is 0 Å². The predicted molar refractivity (Wildman–Crippen MR) is 95.8 cm³/mol. The lowest BCUT2D eigenvalue weighted by Crippen LogP contribution is -2.02. The average Bonchev–Trinajstić information content (AvgIpc) is 2.61. The van der Waals surface area contributed by atoms with Crippen molar-refractivity contribution < 1.29 is 9.84 Å². The third-order valence-corrected chi connectivity index (χ3v) is 3.86. The van der Waals surface area contributed by atoms with E-state index in [0.717, 1.165) is 36.6 Å². The van der Waals surface area contributed by atoms with Crippen LogP contribution < -0.4 is 10.1 Å². The van der Waals surface area contributed by atoms with Gasteiger partial charge in [0.25, 0.3) is 0 Å². The molecule has 0 aromatic heterocycles. The van der Waals surface area contributed by atoms with Crippen molar-refractivity contribution in [3.8, 4) is 5.75 Å². The Hall–Kier alpha value is -2.00. The van der Waals surface area contributed by atoms with Gasteiger partial charge < -0.3 is 15.2 Å². The molecule has 124 valence electrons. The molecular formula is C20H27NO2. The number of unbranched alkanes of at least 4 members (excludes halogenated alkanes) is 3. The number of aliphatic hydroxyl groups is 1. The first-order valence-electron chi connectivity index (χ1n) is 8.48. The normalized spacial score (nSPS) is 10.5. The second-order valence-corrected chi connectivity index (χ2v) is 5.72. The second-order valence-electron chi connectivity index (χ2n) is 5.72. The molecule has 0 saturated carbocycles. The van der Waals surface area contributed by atoms with E-state index >= 15 is 0 Å². The predicted octanol–water partition coefficient (Wildman–Crippen LogP) is 4.75. The molecular weight excluding hydrogens is 286 g/mol. The van der Waals surface area contributed by atoms with Crippen molar-refractivity contribution in [2.24, 2.45) is 0 Å². The van der Waals surface area contributed by atoms with Crippen LogP contribution in [-0.2, 0) is 13.2 Å². The van der Waals surface area contributed by atoms with Gasteiger partial charge in [0.05, 0.1) is 13.2 Å². The van der Waals surface area contributed by atoms with Gasteiger partial charge in [-0.15, -0.1) is 0 Å². The summed E-state index contributed by atoms with van der Waals surface area (Å²) < 4.78 is 5.75. The van der Waals surface area contributed by atoms with Crippen LogP contribution in [0.4, 0.5) is 5.69 Å². The summed E-state index contributed by atoms with van der Waals surface area (Å²) in [5, 5.41) is 12.7. The van der Waals surface area contributed by atoms with Crippen molar-refractivity contribution in [2.75, 3.05) is 11.9 Å². The van der Waals surface area contributed by atoms with Crippen molar-refractivity contribution in [2.45, 2.75) is 45.8 Å². The number of hydrogen-bond donors (Lipinski definition) is 2. The first-order chi connectivity index (χ1) is 11.3. The third-order valence-electron chi connectivity index (χ3n) is 3.86. The average molecular weight is 313 g/mol. The van der Waals surface area contributed by atoms with Crippen LogP contribution in [0, 0.1) is 0 Å². The Morgan fingerprint density at radius 1 is 0.957 bits per heavy atom. The maximum Gasteiger partial charge on any atom is 0.119 e. The van der Waals surface area contributed by atoms with Gasteiger partial charge in [-0.3, -0.25) is 0 Å². The molecule has 0 atom stereocenters. The van der Waals surface area contributed by atoms with E-state index in [1.807, 2.05) is 36.4 Å². The molecule has 2 aromatic carbocycles. The van der Waals surface area contributed by atoms with Crippen molar-refractivity contribution in [3.63, 3.8) is 0 Å². The molecule has 0 saturated heterocycles. The number of hydrogen-bond acceptors (Lipinski definition) is 3. The minimum Gasteiger partial charge on any atom is -0.494 e. The Labute approximate surface area is 139 Å². The monoisotopic (exact) mass is 313 g/mol. The van der Waals surface area contributed by atoms with Crippen LogP contribution >= 0.6 is 0 Å². The minimum absolute atomic E-state index is 0.0496. The van der Waals surface area contributed by atoms with Gasteiger partial charge in [-0.1, -0.05) is 56.5 Å². The van der Waals surface area contributed by atoms with Crippen LogP contribution in [0.15, 0.2) is 48.5 Å². The molecule has 3 nitrogen and oxygen atoms in total. The lowest BCUT2D eigenvalue weighted by Gasteiger charge is -2.11. The van der Waals surface area contributed by atoms with Crippen molar-refractivity contribution >= 4 is 5.69 Å². The highest BCUT2D eigenvalue weighted by Gasteiger charge is 2.01. The summed E-state index contributed by atoms with van der Waals surface area (Å²) in [5.74, 6) is 0.931. The highest BCUT2D eigenvalue weighted by atomic mass is 16.5. The van der Waals surface area contributed by atoms with Gasteiger partial charge in [-0.2, -0.15) is 0 Å². The van der Waals surface area contributed by atoms with E-state index < -0.39 is 0 Å². The summed E-state index contributed by atoms with van der Waals surface area (Å²) in [6.07, 6.45) is 4.89. The number of aliphatic hydroxyl groups excluding tert-OH is 1. The Bertz CT molecular complexity index is 566. The van der Waals surface area contributed by atoms with Gasteiger partial charge in [0, 0.05) is 17.8 Å². The molecule has 0 bridgehead atoms. The number of nitrogens with one attached hydrogen (secondary N) is 1. The van der Waals surface area contributed by atoms with E-state index in [1.165, 1.54) is 24.8 Å². The molecule has 0 unspecified atom stereocenters. The van der Waals surface area contributed by atoms with E-state index in [4.69, 9.17) is 4.74 Å². The molecule has 2 rings (SSSR count). The SMILES string of the molecule is CCCCCCOc1ccc(CNc2ccccc2CO)cc1. The smallest absolute Gasteiger partial charge is 0.119 e. The zero-order valence-electron chi connectivity index (χ0n) is 13.9. The van der Waals surface area contributed by atoms with Crippen molar-refractivity contribution in [1.82, 2.24) is 0 Å². The van der Waals surface area contributed by atoms with Gasteiger partial charge in [-0.05, 0) is 30.2 Å². The van der Waals surface area contributed by atoms with Crippen LogP contribution in [0.3, 0.4) is 0 Å². The lowest BCUT2D eigenvalue weighted by molar-refractivity contribution is 0.282. The Morgan fingerprint density at radius 3 is 2.48 bits per heavy atom. The van der Waals surface area contributed by atoms with Gasteiger partial charge in [0.2, 0.25) is 0 Å². The highest BCUT2D eigenvalue weighted by Crippen LogP contribution is 2.17. The quantitative estimate of drug-likeness (QED) is 0.622. The van der Waals surface area contributed by atoms with Crippen LogP contribution in [-0.4, -0.2) is 11.7 Å². The molecule has 0 fully saturated rings. The van der Waals surface area contributed by atoms with E-state index in [2.05, 4.69) is 24.4 Å². The summed E-state index contributed by atoms with van der Waals surface area (Å²) in [7, 11) is 0.